The molecule has 1 aromatic rings. The lowest BCUT2D eigenvalue weighted by molar-refractivity contribution is -0.145. The maximum atomic E-state index is 14.0. The molecule has 1 rings (SSSR count). The number of benzene rings is 1. The van der Waals surface area contributed by atoms with Gasteiger partial charge in [-0.2, -0.15) is 0 Å². The fourth-order valence-electron chi connectivity index (χ4n) is 3.99. The number of hydrogen-bond acceptors (Lipinski definition) is 6. The molecule has 0 aliphatic rings. The van der Waals surface area contributed by atoms with Crippen LogP contribution in [0.1, 0.15) is 91.7 Å². The molecule has 0 aliphatic carbocycles. The summed E-state index contributed by atoms with van der Waals surface area (Å²) >= 11 is 0. The third kappa shape index (κ3) is 12.0. The highest BCUT2D eigenvalue weighted by Crippen LogP contribution is 2.25. The number of carbonyl (C=O) groups excluding carboxylic acids is 4. The largest absolute Gasteiger partial charge is 0.468 e. The van der Waals surface area contributed by atoms with Crippen LogP contribution >= 0.6 is 0 Å². The van der Waals surface area contributed by atoms with Gasteiger partial charge in [0.1, 0.15) is 24.2 Å². The molecule has 2 N–H and O–H groups in total. The molecular formula is C29H47N3O6. The number of amides is 3. The van der Waals surface area contributed by atoms with Crippen molar-refractivity contribution >= 4 is 23.9 Å². The number of carbonyl (C=O) groups is 4. The fourth-order valence-corrected chi connectivity index (χ4v) is 3.99. The number of esters is 1. The number of nitrogens with zero attached hydrogens (tertiary/aromatic N) is 1. The summed E-state index contributed by atoms with van der Waals surface area (Å²) in [5, 5.41) is 5.32. The van der Waals surface area contributed by atoms with Crippen molar-refractivity contribution in [2.24, 2.45) is 5.92 Å². The summed E-state index contributed by atoms with van der Waals surface area (Å²) in [4.78, 5) is 53.4. The molecule has 0 aliphatic heterocycles. The van der Waals surface area contributed by atoms with Crippen LogP contribution in [-0.2, 0) is 23.9 Å². The summed E-state index contributed by atoms with van der Waals surface area (Å²) < 4.78 is 10.1. The molecule has 214 valence electrons. The van der Waals surface area contributed by atoms with Crippen molar-refractivity contribution in [1.82, 2.24) is 15.5 Å². The number of alkyl carbamates (subject to hydrolysis) is 1. The van der Waals surface area contributed by atoms with E-state index in [1.165, 1.54) is 12.0 Å². The minimum atomic E-state index is -0.995. The summed E-state index contributed by atoms with van der Waals surface area (Å²) in [6.07, 6.45) is 5.33. The predicted octanol–water partition coefficient (Wildman–Crippen LogP) is 4.76. The van der Waals surface area contributed by atoms with Gasteiger partial charge in [0.05, 0.1) is 7.11 Å². The van der Waals surface area contributed by atoms with Crippen molar-refractivity contribution < 1.29 is 28.7 Å². The highest BCUT2D eigenvalue weighted by atomic mass is 16.6. The van der Waals surface area contributed by atoms with Crippen molar-refractivity contribution in [3.63, 3.8) is 0 Å². The van der Waals surface area contributed by atoms with E-state index in [0.717, 1.165) is 32.1 Å². The molecule has 0 heterocycles. The molecule has 1 aromatic carbocycles. The van der Waals surface area contributed by atoms with E-state index in [1.807, 2.05) is 19.9 Å². The Labute approximate surface area is 228 Å². The van der Waals surface area contributed by atoms with Gasteiger partial charge in [0.25, 0.3) is 0 Å². The third-order valence-corrected chi connectivity index (χ3v) is 5.95. The van der Waals surface area contributed by atoms with E-state index in [2.05, 4.69) is 22.3 Å². The van der Waals surface area contributed by atoms with Crippen molar-refractivity contribution in [3.8, 4) is 0 Å². The average molecular weight is 534 g/mol. The van der Waals surface area contributed by atoms with Crippen LogP contribution in [0.15, 0.2) is 30.3 Å². The van der Waals surface area contributed by atoms with Gasteiger partial charge < -0.3 is 25.0 Å². The van der Waals surface area contributed by atoms with Gasteiger partial charge in [-0.25, -0.2) is 4.79 Å². The Balaban J connectivity index is 3.34. The Kier molecular flexibility index (Phi) is 14.5. The molecule has 9 heteroatoms. The predicted molar refractivity (Wildman–Crippen MR) is 147 cm³/mol. The summed E-state index contributed by atoms with van der Waals surface area (Å²) in [6, 6.07) is 7.05. The van der Waals surface area contributed by atoms with Crippen LogP contribution < -0.4 is 10.6 Å². The second-order valence-corrected chi connectivity index (χ2v) is 10.8. The third-order valence-electron chi connectivity index (χ3n) is 5.95. The van der Waals surface area contributed by atoms with E-state index >= 15 is 0 Å². The number of methoxy groups -OCH3 is 1. The average Bonchev–Trinajstić information content (AvgIpc) is 2.85. The summed E-state index contributed by atoms with van der Waals surface area (Å²) in [7, 11) is 1.24. The Morgan fingerprint density at radius 2 is 1.55 bits per heavy atom. The first-order chi connectivity index (χ1) is 17.9. The second-order valence-electron chi connectivity index (χ2n) is 10.8. The van der Waals surface area contributed by atoms with Gasteiger partial charge in [0, 0.05) is 6.54 Å². The van der Waals surface area contributed by atoms with Crippen LogP contribution in [0.5, 0.6) is 0 Å². The Bertz CT molecular complexity index is 882. The SMILES string of the molecule is CCCCCCCCN(C(=O)C(NC(=O)OC(C)(C)C)C(C)C)C(C(=O)NCC(=O)OC)c1ccccc1. The topological polar surface area (TPSA) is 114 Å². The minimum Gasteiger partial charge on any atom is -0.468 e. The smallest absolute Gasteiger partial charge is 0.408 e. The maximum Gasteiger partial charge on any atom is 0.408 e. The second kappa shape index (κ2) is 16.7. The van der Waals surface area contributed by atoms with E-state index in [4.69, 9.17) is 4.74 Å². The first-order valence-electron chi connectivity index (χ1n) is 13.6. The van der Waals surface area contributed by atoms with Crippen molar-refractivity contribution in [2.45, 2.75) is 97.8 Å². The molecule has 0 spiro atoms. The van der Waals surface area contributed by atoms with Crippen molar-refractivity contribution in [3.05, 3.63) is 35.9 Å². The van der Waals surface area contributed by atoms with Crippen LogP contribution in [0.2, 0.25) is 0 Å². The van der Waals surface area contributed by atoms with Gasteiger partial charge in [-0.1, -0.05) is 83.2 Å². The normalized spacial score (nSPS) is 12.8. The molecule has 0 saturated carbocycles. The lowest BCUT2D eigenvalue weighted by Crippen LogP contribution is -2.55. The van der Waals surface area contributed by atoms with Crippen LogP contribution in [-0.4, -0.2) is 60.6 Å². The molecule has 2 unspecified atom stereocenters. The summed E-state index contributed by atoms with van der Waals surface area (Å²) in [5.74, 6) is -1.75. The van der Waals surface area contributed by atoms with Gasteiger partial charge in [-0.3, -0.25) is 14.4 Å². The van der Waals surface area contributed by atoms with Crippen LogP contribution in [0.4, 0.5) is 4.79 Å². The van der Waals surface area contributed by atoms with Gasteiger partial charge in [-0.15, -0.1) is 0 Å². The first kappa shape index (κ1) is 32.9. The monoisotopic (exact) mass is 533 g/mol. The zero-order valence-corrected chi connectivity index (χ0v) is 24.2. The Hall–Kier alpha value is -3.10. The van der Waals surface area contributed by atoms with Gasteiger partial charge in [-0.05, 0) is 38.7 Å². The van der Waals surface area contributed by atoms with Gasteiger partial charge in [0.15, 0.2) is 0 Å². The lowest BCUT2D eigenvalue weighted by atomic mass is 9.98. The standard InChI is InChI=1S/C29H47N3O6/c1-8-9-10-11-12-16-19-32(27(35)24(21(2)3)31-28(36)38-29(4,5)6)25(22-17-14-13-15-18-22)26(34)30-20-23(33)37-7/h13-15,17-18,21,24-25H,8-12,16,19-20H2,1-7H3,(H,30,34)(H,31,36). The number of hydrogen-bond donors (Lipinski definition) is 2. The van der Waals surface area contributed by atoms with Crippen molar-refractivity contribution in [2.75, 3.05) is 20.2 Å². The van der Waals surface area contributed by atoms with Gasteiger partial charge >= 0.3 is 12.1 Å². The minimum absolute atomic E-state index is 0.267. The maximum absolute atomic E-state index is 14.0. The molecule has 0 fully saturated rings. The molecular weight excluding hydrogens is 486 g/mol. The summed E-state index contributed by atoms with van der Waals surface area (Å²) in [6.45, 7) is 11.1. The highest BCUT2D eigenvalue weighted by molar-refractivity contribution is 5.93. The molecule has 38 heavy (non-hydrogen) atoms. The molecule has 0 radical (unpaired) electrons. The lowest BCUT2D eigenvalue weighted by Gasteiger charge is -2.35. The highest BCUT2D eigenvalue weighted by Gasteiger charge is 2.37. The molecule has 0 aromatic heterocycles. The van der Waals surface area contributed by atoms with Crippen LogP contribution in [0, 0.1) is 5.92 Å². The number of rotatable bonds is 15. The molecule has 2 atom stereocenters. The quantitative estimate of drug-likeness (QED) is 0.248. The fraction of sp³-hybridized carbons (Fsp3) is 0.655. The van der Waals surface area contributed by atoms with E-state index in [-0.39, 0.29) is 18.4 Å². The van der Waals surface area contributed by atoms with E-state index in [9.17, 15) is 19.2 Å². The van der Waals surface area contributed by atoms with Crippen LogP contribution in [0.3, 0.4) is 0 Å². The summed E-state index contributed by atoms with van der Waals surface area (Å²) in [5.41, 5.74) is -0.123. The molecule has 0 bridgehead atoms. The Morgan fingerprint density at radius 1 is 0.947 bits per heavy atom. The number of ether oxygens (including phenoxy) is 2. The molecule has 0 saturated heterocycles. The number of nitrogens with one attached hydrogen (secondary N) is 2. The van der Waals surface area contributed by atoms with E-state index in [0.29, 0.717) is 18.5 Å². The molecule has 9 nitrogen and oxygen atoms in total. The molecule has 3 amide bonds. The number of unbranched alkanes of at least 4 members (excludes halogenated alkanes) is 5. The zero-order chi connectivity index (χ0) is 28.7. The van der Waals surface area contributed by atoms with E-state index in [1.54, 1.807) is 45.0 Å². The first-order valence-corrected chi connectivity index (χ1v) is 13.6. The Morgan fingerprint density at radius 3 is 2.11 bits per heavy atom. The van der Waals surface area contributed by atoms with E-state index < -0.39 is 35.7 Å². The zero-order valence-electron chi connectivity index (χ0n) is 24.2. The van der Waals surface area contributed by atoms with Crippen LogP contribution in [0.25, 0.3) is 0 Å². The van der Waals surface area contributed by atoms with Gasteiger partial charge in [0.2, 0.25) is 11.8 Å². The van der Waals surface area contributed by atoms with Crippen molar-refractivity contribution in [1.29, 1.82) is 0 Å².